The average molecular weight is 1950 g/mol. The predicted octanol–water partition coefficient (Wildman–Crippen LogP) is -8.69. The molecule has 136 heavy (non-hydrogen) atoms. The Kier molecular flexibility index (Phi) is 49.4. The monoisotopic (exact) mass is 1950 g/mol. The first-order chi connectivity index (χ1) is 64.7. The quantitative estimate of drug-likeness (QED) is 0.0108. The predicted molar refractivity (Wildman–Crippen MR) is 497 cm³/mol. The molecule has 49 nitrogen and oxygen atoms in total. The summed E-state index contributed by atoms with van der Waals surface area (Å²) in [6.45, 7) is 3.10. The minimum atomic E-state index is -1.85. The third-order valence-electron chi connectivity index (χ3n) is 22.0. The molecule has 2 saturated heterocycles. The number of unbranched alkanes of at least 4 members (excludes halogenated alkanes) is 1. The molecule has 32 N–H and O–H groups in total. The third-order valence-corrected chi connectivity index (χ3v) is 22.7. The molecule has 51 heteroatoms. The van der Waals surface area contributed by atoms with Crippen LogP contribution in [0.3, 0.4) is 0 Å². The maximum Gasteiger partial charge on any atom is 0.326 e. The number of nitrogens with zero attached hydrogens (tertiary/aromatic N) is 3. The number of nitrogens with one attached hydrogen (secondary N) is 19. The van der Waals surface area contributed by atoms with E-state index in [1.165, 1.54) is 12.5 Å². The summed E-state index contributed by atoms with van der Waals surface area (Å²) in [4.78, 5) is 259. The van der Waals surface area contributed by atoms with Crippen LogP contribution in [0.15, 0.2) is 73.2 Å². The van der Waals surface area contributed by atoms with Crippen LogP contribution in [0.5, 0.6) is 0 Å². The molecule has 752 valence electrons. The first-order valence-electron chi connectivity index (χ1n) is 44.7. The van der Waals surface area contributed by atoms with Crippen molar-refractivity contribution in [1.29, 1.82) is 10.8 Å². The highest BCUT2D eigenvalue weighted by Crippen LogP contribution is 2.23. The molecular weight excluding hydrogens is 1820 g/mol. The van der Waals surface area contributed by atoms with E-state index in [-0.39, 0.29) is 109 Å². The fraction of sp³-hybridized carbons (Fsp3) is 0.588. The molecule has 2 aliphatic rings. The minimum Gasteiger partial charge on any atom is -0.481 e. The largest absolute Gasteiger partial charge is 0.481 e. The van der Waals surface area contributed by atoms with Gasteiger partial charge in [-0.25, -0.2) is 9.78 Å². The van der Waals surface area contributed by atoms with E-state index in [1.54, 1.807) is 88.4 Å². The van der Waals surface area contributed by atoms with E-state index in [0.29, 0.717) is 42.6 Å². The average Bonchev–Trinajstić information content (AvgIpc) is 1.67. The highest BCUT2D eigenvalue weighted by Gasteiger charge is 2.44. The summed E-state index contributed by atoms with van der Waals surface area (Å²) in [5.74, 6) is -20.9. The van der Waals surface area contributed by atoms with Gasteiger partial charge >= 0.3 is 11.9 Å². The lowest BCUT2D eigenvalue weighted by Gasteiger charge is -2.31. The molecule has 0 unspecified atom stereocenters. The molecule has 0 saturated carbocycles. The number of carboxylic acids is 2. The van der Waals surface area contributed by atoms with Gasteiger partial charge in [-0.05, 0) is 107 Å². The lowest BCUT2D eigenvalue weighted by Crippen LogP contribution is -2.61. The van der Waals surface area contributed by atoms with Gasteiger partial charge in [0.2, 0.25) is 94.5 Å². The van der Waals surface area contributed by atoms with Crippen LogP contribution in [0.25, 0.3) is 0 Å². The summed E-state index contributed by atoms with van der Waals surface area (Å²) in [7, 11) is 0. The molecule has 2 fully saturated rings. The van der Waals surface area contributed by atoms with Crippen molar-refractivity contribution in [2.45, 2.75) is 234 Å². The van der Waals surface area contributed by atoms with E-state index in [0.717, 1.165) is 9.80 Å². The highest BCUT2D eigenvalue weighted by atomic mass is 32.1. The number of guanidine groups is 2. The minimum absolute atomic E-state index is 0.00305. The van der Waals surface area contributed by atoms with Gasteiger partial charge < -0.3 is 148 Å². The molecule has 3 heterocycles. The second kappa shape index (κ2) is 59.1. The Morgan fingerprint density at radius 3 is 1.31 bits per heavy atom. The number of H-pyrrole nitrogens is 1. The van der Waals surface area contributed by atoms with Gasteiger partial charge in [0.1, 0.15) is 90.6 Å². The summed E-state index contributed by atoms with van der Waals surface area (Å²) < 4.78 is 0. The molecular formula is C85H132N26O23S2. The Morgan fingerprint density at radius 1 is 0.463 bits per heavy atom. The van der Waals surface area contributed by atoms with Crippen molar-refractivity contribution in [2.24, 2.45) is 34.8 Å². The fourth-order valence-electron chi connectivity index (χ4n) is 14.7. The number of amides is 16. The van der Waals surface area contributed by atoms with Crippen LogP contribution in [0.4, 0.5) is 0 Å². The lowest BCUT2D eigenvalue weighted by atomic mass is 10.0. The van der Waals surface area contributed by atoms with Crippen LogP contribution in [0.1, 0.15) is 134 Å². The number of nitrogens with two attached hydrogens (primary N) is 4. The molecule has 3 aromatic rings. The van der Waals surface area contributed by atoms with Crippen molar-refractivity contribution in [1.82, 2.24) is 105 Å². The molecule has 0 spiro atoms. The van der Waals surface area contributed by atoms with Crippen LogP contribution >= 0.6 is 25.3 Å². The summed E-state index contributed by atoms with van der Waals surface area (Å²) in [5.41, 5.74) is 23.8. The molecule has 5 rings (SSSR count). The van der Waals surface area contributed by atoms with Crippen LogP contribution in [0.2, 0.25) is 0 Å². The number of thiol groups is 2. The number of hydrogen-bond acceptors (Lipinski definition) is 28. The van der Waals surface area contributed by atoms with Gasteiger partial charge in [-0.1, -0.05) is 94.8 Å². The van der Waals surface area contributed by atoms with E-state index < -0.39 is 272 Å². The number of aromatic nitrogens is 2. The van der Waals surface area contributed by atoms with Crippen molar-refractivity contribution in [3.05, 3.63) is 90.0 Å². The Hall–Kier alpha value is -12.9. The van der Waals surface area contributed by atoms with Crippen molar-refractivity contribution < 1.29 is 112 Å². The van der Waals surface area contributed by atoms with Gasteiger partial charge in [-0.15, -0.1) is 0 Å². The number of carboxylic acid groups (broad SMARTS) is 2. The third kappa shape index (κ3) is 38.5. The number of imidazole rings is 1. The van der Waals surface area contributed by atoms with Crippen LogP contribution in [-0.2, 0) is 106 Å². The van der Waals surface area contributed by atoms with Gasteiger partial charge in [0, 0.05) is 75.3 Å². The van der Waals surface area contributed by atoms with Crippen molar-refractivity contribution in [3.63, 3.8) is 0 Å². The SMILES string of the molecule is CC(C)C[C@H](NC(=O)[C@H](CO)NC(=O)[C@@H](NC(=O)CNC(=O)[C@@H](N)CCCCN)C(C)C)C(=O)N[C@@H](CO)C(=O)N1CCC[C@H]1C(=O)N[C@@H](CCCNC(=N)N)C(=O)N[C@@H](CS)C(=O)N1CCC[C@H]1C(=O)N[C@@H](CS)C(=O)N[C@@H](CCCNC(=N)N)C(=O)N[C@@H](Cc1ccccc1)C(=O)N[C@@H](Cc1ccccc1)C(=O)N[C@@H](CCC(=O)O)C(=O)N[C@@H](CO)C(=O)N[C@@H](Cc1cnc[nH]1)C(=O)O. The number of carbonyl (C=O) groups is 18. The van der Waals surface area contributed by atoms with E-state index in [2.05, 4.69) is 120 Å². The fourth-order valence-corrected chi connectivity index (χ4v) is 15.2. The summed E-state index contributed by atoms with van der Waals surface area (Å²) >= 11 is 8.76. The summed E-state index contributed by atoms with van der Waals surface area (Å²) in [6, 6.07) is -8.16. The number of aliphatic hydroxyl groups is 3. The number of likely N-dealkylation sites (tertiary alicyclic amines) is 2. The van der Waals surface area contributed by atoms with Gasteiger partial charge in [-0.3, -0.25) is 92.3 Å². The molecule has 0 radical (unpaired) electrons. The number of hydrogen-bond donors (Lipinski definition) is 30. The summed E-state index contributed by atoms with van der Waals surface area (Å²) in [5, 5.41) is 106. The molecule has 16 amide bonds. The number of aromatic amines is 1. The first-order valence-corrected chi connectivity index (χ1v) is 45.9. The van der Waals surface area contributed by atoms with Crippen LogP contribution in [-0.4, -0.2) is 331 Å². The maximum atomic E-state index is 15.0. The van der Waals surface area contributed by atoms with Crippen molar-refractivity contribution in [2.75, 3.05) is 70.6 Å². The zero-order chi connectivity index (χ0) is 101. The Labute approximate surface area is 796 Å². The van der Waals surface area contributed by atoms with E-state index in [4.69, 9.17) is 33.8 Å². The van der Waals surface area contributed by atoms with Crippen molar-refractivity contribution in [3.8, 4) is 0 Å². The first kappa shape index (κ1) is 114. The number of rotatable bonds is 60. The maximum absolute atomic E-state index is 15.0. The lowest BCUT2D eigenvalue weighted by molar-refractivity contribution is -0.144. The highest BCUT2D eigenvalue weighted by molar-refractivity contribution is 7.80. The van der Waals surface area contributed by atoms with Crippen molar-refractivity contribution >= 4 is 144 Å². The van der Waals surface area contributed by atoms with Gasteiger partial charge in [-0.2, -0.15) is 25.3 Å². The number of carbonyl (C=O) groups excluding carboxylic acids is 16. The standard InChI is InChI=1S/C85H132N26O23S2/c1-45(2)33-54(100-75(125)59(40-113)105-80(130)67(46(3)4)109-65(115)38-95-68(118)50(87)21-11-12-28-86)72(122)106-60(41-114)81(131)110-31-15-24-63(110)78(128)99-52(23-14-30-94-85(90)91)70(120)108-62(43-136)82(132)111-32-16-25-64(111)79(129)107-61(42-135)77(127)97-51(22-13-29-93-84(88)89)69(119)101-56(35-48-19-9-6-10-20-48)74(124)102-55(34-47-17-7-5-8-18-47)73(123)98-53(26-27-66(116)117)71(121)104-58(39-112)76(126)103-57(83(133)134)36-49-37-92-44-96-49/h5-10,17-20,37,44-46,50-64,67,112-114,135-136H,11-16,21-36,38-43,86-87H2,1-4H3,(H,92,96)(H,95,118)(H,97,127)(H,98,123)(H,99,128)(H,100,125)(H,101,119)(H,102,124)(H,103,126)(H,104,121)(H,105,130)(H,106,122)(H,107,129)(H,108,120)(H,109,115)(H,116,117)(H,133,134)(H4,88,89,93)(H4,90,91,94)/t50-,51-,52-,53-,54-,55-,56-,57-,58-,59-,60-,61-,62-,63-,64-,67-/m0/s1. The Morgan fingerprint density at radius 2 is 0.868 bits per heavy atom. The molecule has 1 aromatic heterocycles. The normalized spacial score (nSPS) is 16.5. The zero-order valence-corrected chi connectivity index (χ0v) is 78.0. The molecule has 2 aliphatic heterocycles. The number of benzene rings is 2. The second-order valence-electron chi connectivity index (χ2n) is 33.5. The molecule has 2 aromatic carbocycles. The smallest absolute Gasteiger partial charge is 0.326 e. The molecule has 16 atom stereocenters. The second-order valence-corrected chi connectivity index (χ2v) is 34.2. The summed E-state index contributed by atoms with van der Waals surface area (Å²) in [6.07, 6.45) is 1.86. The van der Waals surface area contributed by atoms with E-state index >= 15 is 0 Å². The van der Waals surface area contributed by atoms with Crippen LogP contribution in [0, 0.1) is 22.7 Å². The van der Waals surface area contributed by atoms with Gasteiger partial charge in [0.25, 0.3) is 0 Å². The number of aliphatic carboxylic acids is 2. The number of aliphatic hydroxyl groups excluding tert-OH is 3. The Bertz CT molecular complexity index is 4530. The van der Waals surface area contributed by atoms with Gasteiger partial charge in [0.15, 0.2) is 11.9 Å². The van der Waals surface area contributed by atoms with Crippen LogP contribution < -0.4 is 108 Å². The molecule has 0 bridgehead atoms. The van der Waals surface area contributed by atoms with Gasteiger partial charge in [0.05, 0.1) is 38.7 Å². The van der Waals surface area contributed by atoms with E-state index in [9.17, 15) is 112 Å². The topological polar surface area (TPSA) is 788 Å². The molecule has 0 aliphatic carbocycles. The zero-order valence-electron chi connectivity index (χ0n) is 76.2. The van der Waals surface area contributed by atoms with E-state index in [1.807, 2.05) is 0 Å². The Balaban J connectivity index is 1.31.